The lowest BCUT2D eigenvalue weighted by atomic mass is 10.3. The molecule has 0 aliphatic heterocycles. The minimum atomic E-state index is -0.358. The summed E-state index contributed by atoms with van der Waals surface area (Å²) in [5, 5.41) is 0. The predicted octanol–water partition coefficient (Wildman–Crippen LogP) is -0.153. The molecule has 0 saturated heterocycles. The standard InChI is InChI=1S/C12H14N4O2/c1-4-5-6-7-16-11(17)9-10(13-8-14(9)2)15(3)12(16)18/h1,8H,5-7H2,2-3H3. The quantitative estimate of drug-likeness (QED) is 0.559. The molecule has 18 heavy (non-hydrogen) atoms. The highest BCUT2D eigenvalue weighted by Gasteiger charge is 2.14. The summed E-state index contributed by atoms with van der Waals surface area (Å²) in [7, 11) is 3.34. The average molecular weight is 246 g/mol. The summed E-state index contributed by atoms with van der Waals surface area (Å²) in [6.45, 7) is 0.330. The molecule has 0 aliphatic carbocycles. The normalized spacial score (nSPS) is 10.7. The minimum absolute atomic E-state index is 0.315. The van der Waals surface area contributed by atoms with E-state index in [0.717, 1.165) is 0 Å². The van der Waals surface area contributed by atoms with Crippen molar-refractivity contribution < 1.29 is 0 Å². The Morgan fingerprint density at radius 2 is 2.11 bits per heavy atom. The van der Waals surface area contributed by atoms with Crippen LogP contribution in [0.2, 0.25) is 0 Å². The van der Waals surface area contributed by atoms with Gasteiger partial charge in [-0.15, -0.1) is 12.3 Å². The van der Waals surface area contributed by atoms with Crippen LogP contribution in [-0.4, -0.2) is 18.7 Å². The molecule has 94 valence electrons. The Morgan fingerprint density at radius 3 is 2.78 bits per heavy atom. The first kappa shape index (κ1) is 12.2. The van der Waals surface area contributed by atoms with E-state index >= 15 is 0 Å². The third kappa shape index (κ3) is 1.74. The van der Waals surface area contributed by atoms with Crippen LogP contribution in [0.25, 0.3) is 11.2 Å². The number of aryl methyl sites for hydroxylation is 2. The second-order valence-corrected chi connectivity index (χ2v) is 4.13. The van der Waals surface area contributed by atoms with Gasteiger partial charge in [0.25, 0.3) is 5.56 Å². The van der Waals surface area contributed by atoms with Crippen molar-refractivity contribution >= 4 is 11.2 Å². The van der Waals surface area contributed by atoms with Gasteiger partial charge in [-0.1, -0.05) is 0 Å². The number of hydrogen-bond acceptors (Lipinski definition) is 3. The lowest BCUT2D eigenvalue weighted by Gasteiger charge is -2.07. The van der Waals surface area contributed by atoms with Gasteiger partial charge in [-0.05, 0) is 6.42 Å². The number of aromatic nitrogens is 4. The van der Waals surface area contributed by atoms with Gasteiger partial charge in [-0.3, -0.25) is 13.9 Å². The number of nitrogens with zero attached hydrogens (tertiary/aromatic N) is 4. The number of hydrogen-bond donors (Lipinski definition) is 0. The van der Waals surface area contributed by atoms with E-state index in [2.05, 4.69) is 10.9 Å². The van der Waals surface area contributed by atoms with Crippen molar-refractivity contribution in [3.8, 4) is 12.3 Å². The summed E-state index contributed by atoms with van der Waals surface area (Å²) >= 11 is 0. The van der Waals surface area contributed by atoms with Crippen LogP contribution in [0, 0.1) is 12.3 Å². The molecule has 0 spiro atoms. The van der Waals surface area contributed by atoms with Crippen molar-refractivity contribution in [3.05, 3.63) is 27.2 Å². The second-order valence-electron chi connectivity index (χ2n) is 4.13. The van der Waals surface area contributed by atoms with Gasteiger partial charge < -0.3 is 4.57 Å². The lowest BCUT2D eigenvalue weighted by molar-refractivity contribution is 0.578. The summed E-state index contributed by atoms with van der Waals surface area (Å²) in [5.74, 6) is 2.49. The van der Waals surface area contributed by atoms with Gasteiger partial charge in [-0.25, -0.2) is 9.78 Å². The maximum absolute atomic E-state index is 12.2. The average Bonchev–Trinajstić information content (AvgIpc) is 2.73. The molecule has 6 nitrogen and oxygen atoms in total. The fourth-order valence-corrected chi connectivity index (χ4v) is 1.93. The number of fused-ring (bicyclic) bond motifs is 1. The zero-order valence-corrected chi connectivity index (χ0v) is 10.4. The van der Waals surface area contributed by atoms with Crippen LogP contribution in [0.4, 0.5) is 0 Å². The zero-order chi connectivity index (χ0) is 13.3. The lowest BCUT2D eigenvalue weighted by Crippen LogP contribution is -2.39. The summed E-state index contributed by atoms with van der Waals surface area (Å²) < 4.78 is 4.21. The molecular weight excluding hydrogens is 232 g/mol. The predicted molar refractivity (Wildman–Crippen MR) is 68.3 cm³/mol. The monoisotopic (exact) mass is 246 g/mol. The summed E-state index contributed by atoms with van der Waals surface area (Å²) in [6, 6.07) is 0. The number of imidazole rings is 1. The van der Waals surface area contributed by atoms with Crippen LogP contribution in [0.15, 0.2) is 15.9 Å². The number of unbranched alkanes of at least 4 members (excludes halogenated alkanes) is 1. The highest BCUT2D eigenvalue weighted by atomic mass is 16.2. The van der Waals surface area contributed by atoms with Crippen molar-refractivity contribution in [2.24, 2.45) is 14.1 Å². The molecule has 2 heterocycles. The summed E-state index contributed by atoms with van der Waals surface area (Å²) in [4.78, 5) is 28.3. The van der Waals surface area contributed by atoms with E-state index in [4.69, 9.17) is 6.42 Å². The van der Waals surface area contributed by atoms with Crippen LogP contribution < -0.4 is 11.2 Å². The van der Waals surface area contributed by atoms with E-state index in [0.29, 0.717) is 30.6 Å². The molecule has 0 amide bonds. The molecule has 0 bridgehead atoms. The molecule has 0 saturated carbocycles. The fraction of sp³-hybridized carbons (Fsp3) is 0.417. The van der Waals surface area contributed by atoms with Gasteiger partial charge >= 0.3 is 5.69 Å². The highest BCUT2D eigenvalue weighted by molar-refractivity contribution is 5.69. The van der Waals surface area contributed by atoms with Crippen LogP contribution in [0.1, 0.15) is 12.8 Å². The third-order valence-electron chi connectivity index (χ3n) is 2.90. The van der Waals surface area contributed by atoms with Crippen molar-refractivity contribution in [1.29, 1.82) is 0 Å². The van der Waals surface area contributed by atoms with Gasteiger partial charge in [-0.2, -0.15) is 0 Å². The van der Waals surface area contributed by atoms with E-state index < -0.39 is 0 Å². The van der Waals surface area contributed by atoms with Crippen LogP contribution in [0.3, 0.4) is 0 Å². The second kappa shape index (κ2) is 4.53. The van der Waals surface area contributed by atoms with E-state index in [1.165, 1.54) is 15.5 Å². The first-order valence-corrected chi connectivity index (χ1v) is 5.62. The van der Waals surface area contributed by atoms with Crippen molar-refractivity contribution in [3.63, 3.8) is 0 Å². The Kier molecular flexibility index (Phi) is 3.06. The smallest absolute Gasteiger partial charge is 0.328 e. The van der Waals surface area contributed by atoms with Crippen molar-refractivity contribution in [1.82, 2.24) is 18.7 Å². The molecule has 0 unspecified atom stereocenters. The Balaban J connectivity index is 2.67. The molecule has 0 atom stereocenters. The first-order valence-electron chi connectivity index (χ1n) is 5.62. The summed E-state index contributed by atoms with van der Waals surface area (Å²) in [6.07, 6.45) is 7.83. The molecule has 0 fully saturated rings. The molecule has 0 N–H and O–H groups in total. The molecule has 2 rings (SSSR count). The number of rotatable bonds is 3. The molecule has 2 aromatic heterocycles. The van der Waals surface area contributed by atoms with Crippen LogP contribution in [0.5, 0.6) is 0 Å². The van der Waals surface area contributed by atoms with Gasteiger partial charge in [0.2, 0.25) is 0 Å². The molecular formula is C12H14N4O2. The maximum atomic E-state index is 12.2. The largest absolute Gasteiger partial charge is 0.332 e. The van der Waals surface area contributed by atoms with E-state index in [9.17, 15) is 9.59 Å². The Hall–Kier alpha value is -2.29. The maximum Gasteiger partial charge on any atom is 0.332 e. The molecule has 0 aliphatic rings. The van der Waals surface area contributed by atoms with Gasteiger partial charge in [0.05, 0.1) is 6.33 Å². The number of terminal acetylenes is 1. The third-order valence-corrected chi connectivity index (χ3v) is 2.90. The van der Waals surface area contributed by atoms with E-state index in [-0.39, 0.29) is 11.2 Å². The van der Waals surface area contributed by atoms with Gasteiger partial charge in [0, 0.05) is 27.1 Å². The van der Waals surface area contributed by atoms with Crippen LogP contribution in [-0.2, 0) is 20.6 Å². The zero-order valence-electron chi connectivity index (χ0n) is 10.4. The van der Waals surface area contributed by atoms with E-state index in [1.54, 1.807) is 18.7 Å². The van der Waals surface area contributed by atoms with Crippen LogP contribution >= 0.6 is 0 Å². The van der Waals surface area contributed by atoms with Crippen molar-refractivity contribution in [2.45, 2.75) is 19.4 Å². The van der Waals surface area contributed by atoms with Crippen molar-refractivity contribution in [2.75, 3.05) is 0 Å². The Labute approximate surface area is 103 Å². The Bertz CT molecular complexity index is 742. The molecule has 0 radical (unpaired) electrons. The minimum Gasteiger partial charge on any atom is -0.328 e. The SMILES string of the molecule is C#CCCCn1c(=O)c2c(ncn2C)n(C)c1=O. The fourth-order valence-electron chi connectivity index (χ4n) is 1.93. The van der Waals surface area contributed by atoms with Gasteiger partial charge in [0.15, 0.2) is 11.2 Å². The Morgan fingerprint density at radius 1 is 1.39 bits per heavy atom. The topological polar surface area (TPSA) is 61.8 Å². The molecule has 2 aromatic rings. The molecule has 0 aromatic carbocycles. The molecule has 6 heteroatoms. The first-order chi connectivity index (χ1) is 8.57. The highest BCUT2D eigenvalue weighted by Crippen LogP contribution is 2.03. The van der Waals surface area contributed by atoms with E-state index in [1.807, 2.05) is 0 Å². The summed E-state index contributed by atoms with van der Waals surface area (Å²) in [5.41, 5.74) is 0.159. The van der Waals surface area contributed by atoms with Gasteiger partial charge in [0.1, 0.15) is 0 Å².